The SMILES string of the molecule is CCCCSCCCCCCCCCCCc1cc2c(cc1O)CC[C@@H]1[C@@H]2CC[C@]2(C)[C@@H](O)CC[C@@H]12. The zero-order valence-electron chi connectivity index (χ0n) is 23.4. The summed E-state index contributed by atoms with van der Waals surface area (Å²) in [4.78, 5) is 0. The van der Waals surface area contributed by atoms with E-state index in [2.05, 4.69) is 37.7 Å². The van der Waals surface area contributed by atoms with Gasteiger partial charge < -0.3 is 10.2 Å². The van der Waals surface area contributed by atoms with Gasteiger partial charge >= 0.3 is 0 Å². The third-order valence-corrected chi connectivity index (χ3v) is 11.4. The van der Waals surface area contributed by atoms with Crippen LogP contribution in [0.2, 0.25) is 0 Å². The minimum Gasteiger partial charge on any atom is -0.508 e. The van der Waals surface area contributed by atoms with E-state index in [1.54, 1.807) is 5.56 Å². The summed E-state index contributed by atoms with van der Waals surface area (Å²) >= 11 is 2.14. The van der Waals surface area contributed by atoms with E-state index >= 15 is 0 Å². The monoisotopic (exact) mass is 514 g/mol. The number of phenolic OH excluding ortho intramolecular Hbond substituents is 1. The van der Waals surface area contributed by atoms with Crippen molar-refractivity contribution in [3.05, 3.63) is 28.8 Å². The topological polar surface area (TPSA) is 40.5 Å². The van der Waals surface area contributed by atoms with Gasteiger partial charge in [-0.25, -0.2) is 0 Å². The number of phenols is 1. The summed E-state index contributed by atoms with van der Waals surface area (Å²) in [6.07, 6.45) is 22.8. The molecule has 0 unspecified atom stereocenters. The van der Waals surface area contributed by atoms with Crippen molar-refractivity contribution in [3.8, 4) is 5.75 Å². The predicted octanol–water partition coefficient (Wildman–Crippen LogP) is 9.20. The first-order valence-electron chi connectivity index (χ1n) is 15.6. The van der Waals surface area contributed by atoms with Crippen molar-refractivity contribution in [2.75, 3.05) is 11.5 Å². The van der Waals surface area contributed by atoms with Crippen molar-refractivity contribution in [3.63, 3.8) is 0 Å². The molecule has 5 atom stereocenters. The summed E-state index contributed by atoms with van der Waals surface area (Å²) in [7, 11) is 0. The van der Waals surface area contributed by atoms with Crippen LogP contribution in [0.4, 0.5) is 0 Å². The predicted molar refractivity (Wildman–Crippen MR) is 156 cm³/mol. The molecular weight excluding hydrogens is 460 g/mol. The van der Waals surface area contributed by atoms with E-state index in [0.29, 0.717) is 17.6 Å². The Kier molecular flexibility index (Phi) is 11.0. The number of aliphatic hydroxyl groups excluding tert-OH is 1. The number of hydrogen-bond acceptors (Lipinski definition) is 3. The van der Waals surface area contributed by atoms with Crippen molar-refractivity contribution in [1.29, 1.82) is 0 Å². The molecule has 0 spiro atoms. The van der Waals surface area contributed by atoms with E-state index in [4.69, 9.17) is 0 Å². The highest BCUT2D eigenvalue weighted by molar-refractivity contribution is 7.99. The second-order valence-corrected chi connectivity index (χ2v) is 13.9. The Balaban J connectivity index is 1.15. The van der Waals surface area contributed by atoms with Crippen LogP contribution < -0.4 is 0 Å². The Morgan fingerprint density at radius 2 is 1.56 bits per heavy atom. The number of aliphatic hydroxyl groups is 1. The maximum Gasteiger partial charge on any atom is 0.119 e. The number of rotatable bonds is 15. The van der Waals surface area contributed by atoms with Gasteiger partial charge in [0.25, 0.3) is 0 Å². The van der Waals surface area contributed by atoms with Gasteiger partial charge in [0.1, 0.15) is 5.75 Å². The molecule has 0 heterocycles. The van der Waals surface area contributed by atoms with Crippen LogP contribution in [0.15, 0.2) is 12.1 Å². The Hall–Kier alpha value is -0.670. The maximum absolute atomic E-state index is 10.8. The summed E-state index contributed by atoms with van der Waals surface area (Å²) in [5, 5.41) is 21.4. The highest BCUT2D eigenvalue weighted by Crippen LogP contribution is 2.61. The lowest BCUT2D eigenvalue weighted by molar-refractivity contribution is -0.0226. The molecular formula is C33H54O2S. The molecule has 0 saturated heterocycles. The molecule has 0 bridgehead atoms. The van der Waals surface area contributed by atoms with Crippen molar-refractivity contribution in [1.82, 2.24) is 0 Å². The van der Waals surface area contributed by atoms with Gasteiger partial charge in [0.15, 0.2) is 0 Å². The van der Waals surface area contributed by atoms with Crippen LogP contribution in [-0.2, 0) is 12.8 Å². The van der Waals surface area contributed by atoms with Crippen LogP contribution in [0, 0.1) is 17.3 Å². The summed E-state index contributed by atoms with van der Waals surface area (Å²) < 4.78 is 0. The Labute approximate surface area is 226 Å². The average molecular weight is 515 g/mol. The molecule has 2 fully saturated rings. The fourth-order valence-corrected chi connectivity index (χ4v) is 9.04. The van der Waals surface area contributed by atoms with Crippen LogP contribution in [0.5, 0.6) is 5.75 Å². The first-order valence-corrected chi connectivity index (χ1v) is 16.8. The van der Waals surface area contributed by atoms with Gasteiger partial charge in [-0.2, -0.15) is 11.8 Å². The summed E-state index contributed by atoms with van der Waals surface area (Å²) in [6.45, 7) is 4.64. The van der Waals surface area contributed by atoms with Crippen LogP contribution in [0.1, 0.15) is 139 Å². The number of aromatic hydroxyl groups is 1. The van der Waals surface area contributed by atoms with Crippen LogP contribution >= 0.6 is 11.8 Å². The molecule has 3 heteroatoms. The molecule has 0 amide bonds. The molecule has 1 aromatic carbocycles. The molecule has 4 rings (SSSR count). The van der Waals surface area contributed by atoms with Crippen molar-refractivity contribution in [2.45, 2.75) is 141 Å². The third-order valence-electron chi connectivity index (χ3n) is 10.3. The zero-order chi connectivity index (χ0) is 25.4. The van der Waals surface area contributed by atoms with Crippen molar-refractivity contribution in [2.24, 2.45) is 17.3 Å². The number of aryl methyl sites for hydroxylation is 2. The first-order chi connectivity index (χ1) is 17.5. The molecule has 1 aromatic rings. The van der Waals surface area contributed by atoms with Crippen molar-refractivity contribution < 1.29 is 10.2 Å². The first kappa shape index (κ1) is 28.3. The number of hydrogen-bond donors (Lipinski definition) is 2. The Morgan fingerprint density at radius 1 is 0.861 bits per heavy atom. The van der Waals surface area contributed by atoms with Gasteiger partial charge in [0.2, 0.25) is 0 Å². The van der Waals surface area contributed by atoms with Gasteiger partial charge in [0, 0.05) is 0 Å². The smallest absolute Gasteiger partial charge is 0.119 e. The van der Waals surface area contributed by atoms with Crippen LogP contribution in [-0.4, -0.2) is 27.8 Å². The Bertz CT molecular complexity index is 807. The van der Waals surface area contributed by atoms with Gasteiger partial charge in [-0.05, 0) is 122 Å². The third kappa shape index (κ3) is 6.85. The standard InChI is InChI=1S/C33H54O2S/c1-3-4-21-36-22-13-11-9-7-5-6-8-10-12-14-26-23-29-25(24-31(26)34)15-16-28-27(29)19-20-33(2)30(28)17-18-32(33)35/h23-24,27-28,30,32,34-35H,3-22H2,1-2H3/t27-,28+,30-,32-,33-/m0/s1. The quantitative estimate of drug-likeness (QED) is 0.229. The second kappa shape index (κ2) is 13.9. The molecule has 0 aromatic heterocycles. The van der Waals surface area contributed by atoms with Gasteiger partial charge in [-0.15, -0.1) is 0 Å². The zero-order valence-corrected chi connectivity index (χ0v) is 24.2. The number of thioether (sulfide) groups is 1. The van der Waals surface area contributed by atoms with Crippen molar-refractivity contribution >= 4 is 11.8 Å². The molecule has 2 nitrogen and oxygen atoms in total. The molecule has 0 radical (unpaired) electrons. The van der Waals surface area contributed by atoms with Crippen LogP contribution in [0.3, 0.4) is 0 Å². The largest absolute Gasteiger partial charge is 0.508 e. The van der Waals surface area contributed by atoms with E-state index in [1.165, 1.54) is 113 Å². The summed E-state index contributed by atoms with van der Waals surface area (Å²) in [5.74, 6) is 5.31. The van der Waals surface area contributed by atoms with E-state index in [0.717, 1.165) is 31.6 Å². The minimum absolute atomic E-state index is 0.0976. The minimum atomic E-state index is -0.0976. The van der Waals surface area contributed by atoms with E-state index in [9.17, 15) is 10.2 Å². The van der Waals surface area contributed by atoms with Crippen LogP contribution in [0.25, 0.3) is 0 Å². The molecule has 3 aliphatic carbocycles. The van der Waals surface area contributed by atoms with E-state index in [-0.39, 0.29) is 11.5 Å². The molecule has 204 valence electrons. The maximum atomic E-state index is 10.8. The fourth-order valence-electron chi connectivity index (χ4n) is 7.93. The normalized spacial score (nSPS) is 29.1. The van der Waals surface area contributed by atoms with Gasteiger partial charge in [0.05, 0.1) is 6.10 Å². The number of fused-ring (bicyclic) bond motifs is 5. The number of unbranched alkanes of at least 4 members (excludes halogenated alkanes) is 9. The average Bonchev–Trinajstić information content (AvgIpc) is 3.18. The lowest BCUT2D eigenvalue weighted by Gasteiger charge is -2.50. The lowest BCUT2D eigenvalue weighted by Crippen LogP contribution is -2.43. The van der Waals surface area contributed by atoms with E-state index < -0.39 is 0 Å². The van der Waals surface area contributed by atoms with E-state index in [1.807, 2.05) is 0 Å². The number of benzene rings is 1. The fraction of sp³-hybridized carbons (Fsp3) is 0.818. The summed E-state index contributed by atoms with van der Waals surface area (Å²) in [5.41, 5.74) is 4.28. The molecule has 2 saturated carbocycles. The molecule has 2 N–H and O–H groups in total. The molecule has 3 aliphatic rings. The van der Waals surface area contributed by atoms with Gasteiger partial charge in [-0.1, -0.05) is 71.3 Å². The lowest BCUT2D eigenvalue weighted by atomic mass is 9.55. The van der Waals surface area contributed by atoms with Gasteiger partial charge in [-0.3, -0.25) is 0 Å². The molecule has 0 aliphatic heterocycles. The summed E-state index contributed by atoms with van der Waals surface area (Å²) in [6, 6.07) is 4.51. The second-order valence-electron chi connectivity index (χ2n) is 12.6. The highest BCUT2D eigenvalue weighted by atomic mass is 32.2. The Morgan fingerprint density at radius 3 is 2.31 bits per heavy atom. The molecule has 36 heavy (non-hydrogen) atoms. The highest BCUT2D eigenvalue weighted by Gasteiger charge is 2.54.